The van der Waals surface area contributed by atoms with Crippen LogP contribution in [0, 0.1) is 19.3 Å². The zero-order valence-corrected chi connectivity index (χ0v) is 16.9. The average molecular weight is 414 g/mol. The molecule has 0 saturated carbocycles. The predicted octanol–water partition coefficient (Wildman–Crippen LogP) is 4.51. The van der Waals surface area contributed by atoms with E-state index in [0.29, 0.717) is 22.2 Å². The van der Waals surface area contributed by atoms with E-state index in [1.54, 1.807) is 16.5 Å². The number of fused-ring (bicyclic) bond motifs is 1. The molecule has 4 rings (SSSR count). The molecule has 0 saturated heterocycles. The van der Waals surface area contributed by atoms with Gasteiger partial charge in [-0.05, 0) is 55.3 Å². The van der Waals surface area contributed by atoms with Gasteiger partial charge in [-0.1, -0.05) is 18.2 Å². The Balaban J connectivity index is 1.95. The number of anilines is 2. The van der Waals surface area contributed by atoms with E-state index < -0.39 is 11.9 Å². The highest BCUT2D eigenvalue weighted by Crippen LogP contribution is 2.33. The Morgan fingerprint density at radius 1 is 1.19 bits per heavy atom. The Labute approximate surface area is 177 Å². The average Bonchev–Trinajstić information content (AvgIpc) is 2.73. The molecular formula is C23H19FN6O. The first-order chi connectivity index (χ1) is 14.9. The van der Waals surface area contributed by atoms with E-state index >= 15 is 0 Å². The fourth-order valence-corrected chi connectivity index (χ4v) is 3.66. The summed E-state index contributed by atoms with van der Waals surface area (Å²) in [6, 6.07) is 12.9. The molecular weight excluding hydrogens is 395 g/mol. The lowest BCUT2D eigenvalue weighted by Crippen LogP contribution is -2.22. The van der Waals surface area contributed by atoms with Gasteiger partial charge < -0.3 is 11.1 Å². The normalized spacial score (nSPS) is 11.8. The summed E-state index contributed by atoms with van der Waals surface area (Å²) in [7, 11) is 0. The highest BCUT2D eigenvalue weighted by atomic mass is 19.1. The second-order valence-corrected chi connectivity index (χ2v) is 7.15. The van der Waals surface area contributed by atoms with Crippen LogP contribution in [-0.4, -0.2) is 14.4 Å². The lowest BCUT2D eigenvalue weighted by atomic mass is 9.96. The number of rotatable bonds is 4. The molecule has 0 aliphatic heterocycles. The van der Waals surface area contributed by atoms with Gasteiger partial charge in [0.2, 0.25) is 0 Å². The molecule has 0 fully saturated rings. The van der Waals surface area contributed by atoms with Crippen LogP contribution in [0.15, 0.2) is 59.7 Å². The standard InChI is InChI=1S/C23H19FN6O/c1-13-6-4-9-17-11-18(14(2)29-22-20(26-3)21(25)27-12-28-22)19(23(31)30(13)17)15-7-5-8-16(24)10-15/h4-12,14H,1-2H3,(H3,25,27,28,29)/t14-/m1/s1. The lowest BCUT2D eigenvalue weighted by molar-refractivity contribution is 0.628. The maximum absolute atomic E-state index is 14.0. The van der Waals surface area contributed by atoms with Crippen molar-refractivity contribution in [2.24, 2.45) is 0 Å². The number of aryl methyl sites for hydroxylation is 1. The molecule has 3 heterocycles. The number of hydrogen-bond acceptors (Lipinski definition) is 5. The van der Waals surface area contributed by atoms with Crippen LogP contribution in [0.1, 0.15) is 24.2 Å². The molecule has 0 aliphatic carbocycles. The summed E-state index contributed by atoms with van der Waals surface area (Å²) in [6.45, 7) is 11.1. The van der Waals surface area contributed by atoms with Gasteiger partial charge in [-0.15, -0.1) is 0 Å². The Bertz CT molecular complexity index is 1410. The smallest absolute Gasteiger partial charge is 0.268 e. The number of aromatic nitrogens is 3. The molecule has 0 radical (unpaired) electrons. The van der Waals surface area contributed by atoms with E-state index in [4.69, 9.17) is 12.3 Å². The molecule has 1 aromatic carbocycles. The topological polar surface area (TPSA) is 89.7 Å². The van der Waals surface area contributed by atoms with Gasteiger partial charge in [0.05, 0.1) is 12.1 Å². The van der Waals surface area contributed by atoms with Gasteiger partial charge in [0.25, 0.3) is 11.2 Å². The van der Waals surface area contributed by atoms with Crippen LogP contribution in [-0.2, 0) is 0 Å². The Hall–Kier alpha value is -4.25. The molecule has 31 heavy (non-hydrogen) atoms. The van der Waals surface area contributed by atoms with Crippen LogP contribution < -0.4 is 16.6 Å². The number of benzene rings is 1. The maximum Gasteiger partial charge on any atom is 0.268 e. The third-order valence-corrected chi connectivity index (χ3v) is 5.12. The van der Waals surface area contributed by atoms with Crippen molar-refractivity contribution < 1.29 is 4.39 Å². The lowest BCUT2D eigenvalue weighted by Gasteiger charge is -2.21. The summed E-state index contributed by atoms with van der Waals surface area (Å²) in [6.07, 6.45) is 1.27. The van der Waals surface area contributed by atoms with Crippen LogP contribution in [0.25, 0.3) is 21.5 Å². The number of nitrogens with one attached hydrogen (secondary N) is 1. The minimum atomic E-state index is -0.439. The first-order valence-corrected chi connectivity index (χ1v) is 9.56. The summed E-state index contributed by atoms with van der Waals surface area (Å²) in [5, 5.41) is 3.16. The molecule has 8 heteroatoms. The quantitative estimate of drug-likeness (QED) is 0.480. The first kappa shape index (κ1) is 20.0. The van der Waals surface area contributed by atoms with Gasteiger partial charge in [-0.2, -0.15) is 0 Å². The number of pyridine rings is 2. The zero-order chi connectivity index (χ0) is 22.1. The molecule has 154 valence electrons. The largest absolute Gasteiger partial charge is 0.392 e. The van der Waals surface area contributed by atoms with Crippen molar-refractivity contribution in [3.8, 4) is 11.1 Å². The molecule has 3 aromatic heterocycles. The van der Waals surface area contributed by atoms with Gasteiger partial charge in [0.15, 0.2) is 0 Å². The Kier molecular flexibility index (Phi) is 5.09. The third-order valence-electron chi connectivity index (χ3n) is 5.12. The molecule has 0 aliphatic rings. The SMILES string of the molecule is [C-]#[N+]c1c(N)ncnc1N[C@H](C)c1cc2cccc(C)n2c(=O)c1-c1cccc(F)c1. The zero-order valence-electron chi connectivity index (χ0n) is 16.9. The van der Waals surface area contributed by atoms with E-state index in [-0.39, 0.29) is 22.9 Å². The van der Waals surface area contributed by atoms with Crippen molar-refractivity contribution in [2.45, 2.75) is 19.9 Å². The molecule has 0 amide bonds. The number of nitrogen functional groups attached to an aromatic ring is 1. The number of hydrogen-bond donors (Lipinski definition) is 2. The minimum absolute atomic E-state index is 0.0688. The molecule has 3 N–H and O–H groups in total. The second kappa shape index (κ2) is 7.88. The van der Waals surface area contributed by atoms with Crippen LogP contribution in [0.2, 0.25) is 0 Å². The van der Waals surface area contributed by atoms with Crippen molar-refractivity contribution >= 4 is 22.8 Å². The fourth-order valence-electron chi connectivity index (χ4n) is 3.66. The monoisotopic (exact) mass is 414 g/mol. The van der Waals surface area contributed by atoms with Crippen molar-refractivity contribution in [1.29, 1.82) is 0 Å². The van der Waals surface area contributed by atoms with Crippen LogP contribution in [0.4, 0.5) is 21.7 Å². The van der Waals surface area contributed by atoms with Crippen LogP contribution in [0.5, 0.6) is 0 Å². The molecule has 1 atom stereocenters. The minimum Gasteiger partial charge on any atom is -0.392 e. The first-order valence-electron chi connectivity index (χ1n) is 9.56. The highest BCUT2D eigenvalue weighted by Gasteiger charge is 2.21. The van der Waals surface area contributed by atoms with Crippen molar-refractivity contribution in [1.82, 2.24) is 14.4 Å². The van der Waals surface area contributed by atoms with Crippen molar-refractivity contribution in [3.05, 3.63) is 93.7 Å². The summed E-state index contributed by atoms with van der Waals surface area (Å²) >= 11 is 0. The Morgan fingerprint density at radius 3 is 2.71 bits per heavy atom. The fraction of sp³-hybridized carbons (Fsp3) is 0.130. The predicted molar refractivity (Wildman–Crippen MR) is 119 cm³/mol. The van der Waals surface area contributed by atoms with Gasteiger partial charge in [0, 0.05) is 17.3 Å². The molecule has 4 aromatic rings. The summed E-state index contributed by atoms with van der Waals surface area (Å²) < 4.78 is 15.6. The van der Waals surface area contributed by atoms with E-state index in [0.717, 1.165) is 5.69 Å². The molecule has 0 bridgehead atoms. The van der Waals surface area contributed by atoms with Crippen molar-refractivity contribution in [3.63, 3.8) is 0 Å². The number of halogens is 1. The van der Waals surface area contributed by atoms with Crippen LogP contribution in [0.3, 0.4) is 0 Å². The summed E-state index contributed by atoms with van der Waals surface area (Å²) in [5.41, 5.74) is 8.62. The Morgan fingerprint density at radius 2 is 1.97 bits per heavy atom. The van der Waals surface area contributed by atoms with Crippen LogP contribution >= 0.6 is 0 Å². The maximum atomic E-state index is 14.0. The molecule has 7 nitrogen and oxygen atoms in total. The van der Waals surface area contributed by atoms with E-state index in [9.17, 15) is 9.18 Å². The number of nitrogens with two attached hydrogens (primary N) is 1. The molecule has 0 unspecified atom stereocenters. The highest BCUT2D eigenvalue weighted by molar-refractivity contribution is 5.77. The van der Waals surface area contributed by atoms with Gasteiger partial charge >= 0.3 is 0 Å². The van der Waals surface area contributed by atoms with Gasteiger partial charge in [0.1, 0.15) is 23.8 Å². The van der Waals surface area contributed by atoms with E-state index in [1.807, 2.05) is 38.1 Å². The van der Waals surface area contributed by atoms with E-state index in [1.165, 1.54) is 18.5 Å². The summed E-state index contributed by atoms with van der Waals surface area (Å²) in [5.74, 6) is -0.0962. The van der Waals surface area contributed by atoms with E-state index in [2.05, 4.69) is 20.1 Å². The van der Waals surface area contributed by atoms with Gasteiger partial charge in [-0.3, -0.25) is 9.20 Å². The third kappa shape index (κ3) is 3.57. The molecule has 0 spiro atoms. The van der Waals surface area contributed by atoms with Crippen molar-refractivity contribution in [2.75, 3.05) is 11.1 Å². The second-order valence-electron chi connectivity index (χ2n) is 7.15. The summed E-state index contributed by atoms with van der Waals surface area (Å²) in [4.78, 5) is 24.9. The number of nitrogens with zero attached hydrogens (tertiary/aromatic N) is 4. The van der Waals surface area contributed by atoms with Gasteiger partial charge in [-0.25, -0.2) is 19.2 Å².